The summed E-state index contributed by atoms with van der Waals surface area (Å²) in [7, 11) is -9.24. The van der Waals surface area contributed by atoms with Gasteiger partial charge in [0.25, 0.3) is 20.2 Å². The van der Waals surface area contributed by atoms with Crippen LogP contribution in [0, 0.1) is 0 Å². The molecule has 0 saturated heterocycles. The fourth-order valence-electron chi connectivity index (χ4n) is 2.03. The monoisotopic (exact) mass is 502 g/mol. The van der Waals surface area contributed by atoms with Gasteiger partial charge in [-0.25, -0.2) is 0 Å². The van der Waals surface area contributed by atoms with Crippen LogP contribution in [0.4, 0.5) is 0 Å². The zero-order valence-corrected chi connectivity index (χ0v) is 20.1. The normalized spacial score (nSPS) is 10.5. The van der Waals surface area contributed by atoms with Crippen molar-refractivity contribution in [1.29, 1.82) is 0 Å². The van der Waals surface area contributed by atoms with Crippen LogP contribution in [-0.2, 0) is 42.9 Å². The molecule has 2 rings (SSSR count). The average Bonchev–Trinajstić information content (AvgIpc) is 2.75. The molecule has 0 unspecified atom stereocenters. The van der Waals surface area contributed by atoms with Crippen LogP contribution >= 0.6 is 0 Å². The van der Waals surface area contributed by atoms with E-state index in [9.17, 15) is 26.4 Å². The highest BCUT2D eigenvalue weighted by molar-refractivity contribution is 8.02. The Morgan fingerprint density at radius 3 is 1.18 bits per heavy atom. The molecule has 0 atom stereocenters. The molecule has 0 spiro atoms. The van der Waals surface area contributed by atoms with Crippen molar-refractivity contribution in [2.45, 2.75) is 39.8 Å². The third kappa shape index (κ3) is 19.6. The molecule has 2 aromatic rings. The molecule has 0 saturated carbocycles. The summed E-state index contributed by atoms with van der Waals surface area (Å²) in [4.78, 5) is 21.7. The smallest absolute Gasteiger partial charge is 0.281 e. The van der Waals surface area contributed by atoms with Crippen LogP contribution in [0.3, 0.4) is 0 Å². The molecule has 0 aliphatic rings. The largest absolute Gasteiger partial charge is 0.352 e. The summed E-state index contributed by atoms with van der Waals surface area (Å²) in [5, 5.41) is 3.97. The predicted molar refractivity (Wildman–Crippen MR) is 125 cm³/mol. The standard InChI is InChI=1S/2C10H13NO.CH4O6S2/c2*1-2-10(12)11-8-9-6-4-3-5-7-9;2-8(3,4)1-9(5,6)7/h2*3-7H,2,8H2,1H3,(H,11,12);1H2,(H,2,3,4)(H,5,6,7). The summed E-state index contributed by atoms with van der Waals surface area (Å²) in [6.07, 6.45) is 1.10. The summed E-state index contributed by atoms with van der Waals surface area (Å²) in [5.41, 5.74) is 2.28. The van der Waals surface area contributed by atoms with E-state index in [0.29, 0.717) is 25.9 Å². The Balaban J connectivity index is 0.000000472. The van der Waals surface area contributed by atoms with E-state index in [4.69, 9.17) is 9.11 Å². The van der Waals surface area contributed by atoms with E-state index in [1.54, 1.807) is 0 Å². The number of nitrogens with one attached hydrogen (secondary N) is 2. The second kappa shape index (κ2) is 15.9. The minimum atomic E-state index is -4.62. The van der Waals surface area contributed by atoms with Gasteiger partial charge in [0.15, 0.2) is 0 Å². The van der Waals surface area contributed by atoms with E-state index in [2.05, 4.69) is 10.6 Å². The van der Waals surface area contributed by atoms with Crippen molar-refractivity contribution in [3.63, 3.8) is 0 Å². The van der Waals surface area contributed by atoms with Crippen molar-refractivity contribution < 1.29 is 35.5 Å². The molecule has 33 heavy (non-hydrogen) atoms. The highest BCUT2D eigenvalue weighted by atomic mass is 32.3. The van der Waals surface area contributed by atoms with Crippen molar-refractivity contribution in [1.82, 2.24) is 10.6 Å². The van der Waals surface area contributed by atoms with Gasteiger partial charge < -0.3 is 10.6 Å². The number of benzene rings is 2. The van der Waals surface area contributed by atoms with Crippen LogP contribution in [0.15, 0.2) is 60.7 Å². The molecule has 12 heteroatoms. The number of carbonyl (C=O) groups is 2. The summed E-state index contributed by atoms with van der Waals surface area (Å²) in [6.45, 7) is 4.96. The summed E-state index contributed by atoms with van der Waals surface area (Å²) in [6, 6.07) is 19.8. The van der Waals surface area contributed by atoms with Gasteiger partial charge in [0.1, 0.15) is 0 Å². The Morgan fingerprint density at radius 1 is 0.667 bits per heavy atom. The van der Waals surface area contributed by atoms with Gasteiger partial charge >= 0.3 is 0 Å². The van der Waals surface area contributed by atoms with Crippen molar-refractivity contribution in [3.8, 4) is 0 Å². The molecule has 0 aromatic heterocycles. The van der Waals surface area contributed by atoms with Gasteiger partial charge in [-0.2, -0.15) is 16.8 Å². The highest BCUT2D eigenvalue weighted by Crippen LogP contribution is 1.98. The van der Waals surface area contributed by atoms with Crippen LogP contribution in [0.25, 0.3) is 0 Å². The second-order valence-corrected chi connectivity index (χ2v) is 9.78. The lowest BCUT2D eigenvalue weighted by Crippen LogP contribution is -2.21. The van der Waals surface area contributed by atoms with Gasteiger partial charge in [-0.1, -0.05) is 74.5 Å². The first-order chi connectivity index (χ1) is 15.4. The lowest BCUT2D eigenvalue weighted by molar-refractivity contribution is -0.121. The Labute approximate surface area is 194 Å². The average molecular weight is 503 g/mol. The van der Waals surface area contributed by atoms with Gasteiger partial charge in [-0.05, 0) is 11.1 Å². The van der Waals surface area contributed by atoms with Gasteiger partial charge in [0, 0.05) is 25.9 Å². The molecule has 0 aliphatic carbocycles. The Kier molecular flexibility index (Phi) is 14.6. The van der Waals surface area contributed by atoms with Gasteiger partial charge in [0.05, 0.1) is 0 Å². The van der Waals surface area contributed by atoms with Crippen molar-refractivity contribution in [3.05, 3.63) is 71.8 Å². The first kappa shape index (κ1) is 30.2. The Hall–Kier alpha value is -2.80. The molecule has 0 heterocycles. The van der Waals surface area contributed by atoms with Crippen molar-refractivity contribution in [2.24, 2.45) is 0 Å². The lowest BCUT2D eigenvalue weighted by atomic mass is 10.2. The SMILES string of the molecule is CCC(=O)NCc1ccccc1.CCC(=O)NCc1ccccc1.O=S(=O)(O)CS(=O)(=O)O. The van der Waals surface area contributed by atoms with E-state index in [-0.39, 0.29) is 11.8 Å². The van der Waals surface area contributed by atoms with Gasteiger partial charge in [0.2, 0.25) is 16.9 Å². The molecule has 0 fully saturated rings. The summed E-state index contributed by atoms with van der Waals surface area (Å²) < 4.78 is 54.2. The van der Waals surface area contributed by atoms with Gasteiger partial charge in [-0.3, -0.25) is 18.7 Å². The third-order valence-corrected chi connectivity index (χ3v) is 5.99. The number of amides is 2. The molecule has 4 N–H and O–H groups in total. The van der Waals surface area contributed by atoms with E-state index in [1.807, 2.05) is 74.5 Å². The second-order valence-electron chi connectivity index (χ2n) is 6.51. The molecule has 2 aromatic carbocycles. The first-order valence-electron chi connectivity index (χ1n) is 9.87. The van der Waals surface area contributed by atoms with Crippen LogP contribution in [-0.4, -0.2) is 42.8 Å². The Morgan fingerprint density at radius 2 is 0.970 bits per heavy atom. The van der Waals surface area contributed by atoms with E-state index >= 15 is 0 Å². The summed E-state index contributed by atoms with van der Waals surface area (Å²) >= 11 is 0. The lowest BCUT2D eigenvalue weighted by Gasteiger charge is -2.02. The molecule has 0 bridgehead atoms. The Bertz CT molecular complexity index is 957. The summed E-state index contributed by atoms with van der Waals surface area (Å²) in [5.74, 6) is 0.192. The minimum absolute atomic E-state index is 0.0962. The fourth-order valence-corrected chi connectivity index (χ4v) is 3.54. The van der Waals surface area contributed by atoms with Crippen LogP contribution < -0.4 is 10.6 Å². The molecule has 184 valence electrons. The number of hydrogen-bond donors (Lipinski definition) is 4. The number of carbonyl (C=O) groups excluding carboxylic acids is 2. The maximum atomic E-state index is 10.9. The number of rotatable bonds is 8. The molecular formula is C21H30N2O8S2. The maximum absolute atomic E-state index is 10.9. The van der Waals surface area contributed by atoms with Crippen molar-refractivity contribution >= 4 is 32.1 Å². The highest BCUT2D eigenvalue weighted by Gasteiger charge is 2.15. The predicted octanol–water partition coefficient (Wildman–Crippen LogP) is 2.15. The van der Waals surface area contributed by atoms with Gasteiger partial charge in [-0.15, -0.1) is 0 Å². The quantitative estimate of drug-likeness (QED) is 0.398. The molecule has 0 aliphatic heterocycles. The third-order valence-electron chi connectivity index (χ3n) is 3.61. The first-order valence-corrected chi connectivity index (χ1v) is 13.1. The van der Waals surface area contributed by atoms with E-state index in [0.717, 1.165) is 11.1 Å². The fraction of sp³-hybridized carbons (Fsp3) is 0.333. The van der Waals surface area contributed by atoms with E-state index in [1.165, 1.54) is 0 Å². The zero-order valence-electron chi connectivity index (χ0n) is 18.5. The van der Waals surface area contributed by atoms with Crippen molar-refractivity contribution in [2.75, 3.05) is 5.08 Å². The molecular weight excluding hydrogens is 472 g/mol. The van der Waals surface area contributed by atoms with Crippen LogP contribution in [0.2, 0.25) is 0 Å². The molecule has 2 amide bonds. The maximum Gasteiger partial charge on any atom is 0.281 e. The molecule has 0 radical (unpaired) electrons. The van der Waals surface area contributed by atoms with E-state index < -0.39 is 25.3 Å². The van der Waals surface area contributed by atoms with Crippen LogP contribution in [0.5, 0.6) is 0 Å². The zero-order chi connectivity index (χ0) is 25.3. The number of hydrogen-bond acceptors (Lipinski definition) is 6. The van der Waals surface area contributed by atoms with Crippen LogP contribution in [0.1, 0.15) is 37.8 Å². The topological polar surface area (TPSA) is 167 Å². The minimum Gasteiger partial charge on any atom is -0.352 e. The molecule has 10 nitrogen and oxygen atoms in total.